The second-order valence-electron chi connectivity index (χ2n) is 7.86. The summed E-state index contributed by atoms with van der Waals surface area (Å²) < 4.78 is 66.9. The van der Waals surface area contributed by atoms with Crippen molar-refractivity contribution < 1.29 is 26.3 Å². The summed E-state index contributed by atoms with van der Waals surface area (Å²) in [5.41, 5.74) is -0.345. The van der Waals surface area contributed by atoms with Gasteiger partial charge in [-0.25, -0.2) is 13.1 Å². The maximum atomic E-state index is 12.0. The predicted molar refractivity (Wildman–Crippen MR) is 85.8 cm³/mol. The van der Waals surface area contributed by atoms with Crippen molar-refractivity contribution in [3.63, 3.8) is 0 Å². The van der Waals surface area contributed by atoms with E-state index in [1.54, 1.807) is 0 Å². The molecule has 0 amide bonds. The molecule has 0 rings (SSSR count). The molecule has 140 valence electrons. The van der Waals surface area contributed by atoms with Crippen molar-refractivity contribution in [1.29, 1.82) is 0 Å². The number of hydrogen-bond acceptors (Lipinski definition) is 3. The van der Waals surface area contributed by atoms with Crippen molar-refractivity contribution in [1.82, 2.24) is 4.72 Å². The van der Waals surface area contributed by atoms with Gasteiger partial charge >= 0.3 is 6.18 Å². The lowest BCUT2D eigenvalue weighted by Gasteiger charge is -2.25. The van der Waals surface area contributed by atoms with Crippen molar-refractivity contribution in [3.8, 4) is 0 Å². The highest BCUT2D eigenvalue weighted by Crippen LogP contribution is 2.26. The highest BCUT2D eigenvalue weighted by atomic mass is 32.2. The quantitative estimate of drug-likeness (QED) is 0.603. The van der Waals surface area contributed by atoms with Gasteiger partial charge < -0.3 is 4.74 Å². The molecule has 8 heteroatoms. The van der Waals surface area contributed by atoms with E-state index >= 15 is 0 Å². The molecular formula is C15H30F3NO3S. The molecule has 0 unspecified atom stereocenters. The van der Waals surface area contributed by atoms with Crippen molar-refractivity contribution >= 4 is 10.0 Å². The highest BCUT2D eigenvalue weighted by molar-refractivity contribution is 7.89. The van der Waals surface area contributed by atoms with Crippen LogP contribution in [0.1, 0.15) is 53.9 Å². The molecule has 0 aromatic carbocycles. The topological polar surface area (TPSA) is 55.4 Å². The van der Waals surface area contributed by atoms with Crippen molar-refractivity contribution in [2.24, 2.45) is 10.8 Å². The molecule has 0 saturated carbocycles. The van der Waals surface area contributed by atoms with Gasteiger partial charge in [-0.1, -0.05) is 34.6 Å². The average Bonchev–Trinajstić information content (AvgIpc) is 2.30. The first-order valence-corrected chi connectivity index (χ1v) is 9.39. The summed E-state index contributed by atoms with van der Waals surface area (Å²) >= 11 is 0. The first-order valence-electron chi connectivity index (χ1n) is 7.74. The van der Waals surface area contributed by atoms with Crippen LogP contribution < -0.4 is 4.72 Å². The van der Waals surface area contributed by atoms with E-state index in [0.717, 1.165) is 6.42 Å². The molecule has 0 spiro atoms. The lowest BCUT2D eigenvalue weighted by molar-refractivity contribution is -0.175. The van der Waals surface area contributed by atoms with E-state index in [-0.39, 0.29) is 17.8 Å². The van der Waals surface area contributed by atoms with Crippen molar-refractivity contribution in [3.05, 3.63) is 0 Å². The average molecular weight is 361 g/mol. The lowest BCUT2D eigenvalue weighted by atomic mass is 9.87. The zero-order chi connectivity index (χ0) is 18.4. The van der Waals surface area contributed by atoms with E-state index in [1.807, 2.05) is 34.6 Å². The zero-order valence-corrected chi connectivity index (χ0v) is 15.5. The lowest BCUT2D eigenvalue weighted by Crippen LogP contribution is -2.31. The number of rotatable bonds is 10. The van der Waals surface area contributed by atoms with Crippen LogP contribution in [0, 0.1) is 10.8 Å². The van der Waals surface area contributed by atoms with Gasteiger partial charge in [-0.2, -0.15) is 13.2 Å². The Morgan fingerprint density at radius 1 is 0.957 bits per heavy atom. The fraction of sp³-hybridized carbons (Fsp3) is 1.00. The highest BCUT2D eigenvalue weighted by Gasteiger charge is 2.28. The standard InChI is InChI=1S/C15H30F3NO3S/c1-13(2,3)6-9-19-23(20,21)11-8-14(4,5)7-10-22-12-15(16,17)18/h19H,6-12H2,1-5H3. The largest absolute Gasteiger partial charge is 0.411 e. The third-order valence-corrected chi connectivity index (χ3v) is 4.82. The van der Waals surface area contributed by atoms with Gasteiger partial charge in [-0.15, -0.1) is 0 Å². The van der Waals surface area contributed by atoms with Gasteiger partial charge in [0.05, 0.1) is 5.75 Å². The minimum Gasteiger partial charge on any atom is -0.372 e. The molecule has 23 heavy (non-hydrogen) atoms. The third-order valence-electron chi connectivity index (χ3n) is 3.43. The van der Waals surface area contributed by atoms with Gasteiger partial charge in [0.25, 0.3) is 0 Å². The molecule has 0 aliphatic rings. The van der Waals surface area contributed by atoms with Crippen LogP contribution in [0.25, 0.3) is 0 Å². The van der Waals surface area contributed by atoms with Gasteiger partial charge in [0.1, 0.15) is 6.61 Å². The summed E-state index contributed by atoms with van der Waals surface area (Å²) in [4.78, 5) is 0. The Bertz CT molecular complexity index is 440. The van der Waals surface area contributed by atoms with E-state index in [4.69, 9.17) is 0 Å². The summed E-state index contributed by atoms with van der Waals surface area (Å²) in [5.74, 6) is -0.0383. The van der Waals surface area contributed by atoms with E-state index in [2.05, 4.69) is 9.46 Å². The maximum absolute atomic E-state index is 12.0. The number of halogens is 3. The second-order valence-corrected chi connectivity index (χ2v) is 9.78. The monoisotopic (exact) mass is 361 g/mol. The fourth-order valence-electron chi connectivity index (χ4n) is 1.73. The van der Waals surface area contributed by atoms with Gasteiger partial charge in [0, 0.05) is 13.2 Å². The molecule has 1 N–H and O–H groups in total. The van der Waals surface area contributed by atoms with E-state index < -0.39 is 28.2 Å². The van der Waals surface area contributed by atoms with Crippen LogP contribution >= 0.6 is 0 Å². The SMILES string of the molecule is CC(C)(C)CCNS(=O)(=O)CCC(C)(C)CCOCC(F)(F)F. The van der Waals surface area contributed by atoms with Gasteiger partial charge in [0.15, 0.2) is 0 Å². The normalized spacial score (nSPS) is 14.3. The minimum atomic E-state index is -4.33. The van der Waals surface area contributed by atoms with E-state index in [0.29, 0.717) is 19.4 Å². The minimum absolute atomic E-state index is 0.0377. The molecule has 0 aliphatic carbocycles. The molecule has 0 aromatic heterocycles. The Kier molecular flexibility index (Phi) is 8.54. The molecule has 0 heterocycles. The Morgan fingerprint density at radius 2 is 1.52 bits per heavy atom. The van der Waals surface area contributed by atoms with Crippen LogP contribution in [0.4, 0.5) is 13.2 Å². The first kappa shape index (κ1) is 22.7. The Hall–Kier alpha value is -0.340. The van der Waals surface area contributed by atoms with Gasteiger partial charge in [-0.3, -0.25) is 0 Å². The Morgan fingerprint density at radius 3 is 2.00 bits per heavy atom. The molecule has 0 aliphatic heterocycles. The molecule has 0 saturated heterocycles. The van der Waals surface area contributed by atoms with Crippen LogP contribution in [0.3, 0.4) is 0 Å². The number of ether oxygens (including phenoxy) is 1. The van der Waals surface area contributed by atoms with Crippen molar-refractivity contribution in [2.45, 2.75) is 60.1 Å². The van der Waals surface area contributed by atoms with E-state index in [9.17, 15) is 21.6 Å². The first-order chi connectivity index (χ1) is 10.1. The van der Waals surface area contributed by atoms with Crippen LogP contribution in [0.5, 0.6) is 0 Å². The van der Waals surface area contributed by atoms with E-state index in [1.165, 1.54) is 0 Å². The summed E-state index contributed by atoms with van der Waals surface area (Å²) in [7, 11) is -3.36. The summed E-state index contributed by atoms with van der Waals surface area (Å²) in [5, 5.41) is 0. The van der Waals surface area contributed by atoms with Crippen LogP contribution in [0.15, 0.2) is 0 Å². The number of nitrogens with one attached hydrogen (secondary N) is 1. The summed E-state index contributed by atoms with van der Waals surface area (Å²) in [6.07, 6.45) is -2.85. The van der Waals surface area contributed by atoms with Crippen LogP contribution in [-0.2, 0) is 14.8 Å². The van der Waals surface area contributed by atoms with Crippen molar-refractivity contribution in [2.75, 3.05) is 25.5 Å². The Labute approximate surface area is 138 Å². The maximum Gasteiger partial charge on any atom is 0.411 e. The van der Waals surface area contributed by atoms with Gasteiger partial charge in [-0.05, 0) is 30.1 Å². The fourth-order valence-corrected chi connectivity index (χ4v) is 3.10. The second kappa shape index (κ2) is 8.67. The smallest absolute Gasteiger partial charge is 0.372 e. The van der Waals surface area contributed by atoms with Gasteiger partial charge in [0.2, 0.25) is 10.0 Å². The number of hydrogen-bond donors (Lipinski definition) is 1. The predicted octanol–water partition coefficient (Wildman–Crippen LogP) is 3.73. The molecular weight excluding hydrogens is 331 g/mol. The summed E-state index contributed by atoms with van der Waals surface area (Å²) in [6.45, 7) is 8.84. The molecule has 0 atom stereocenters. The molecule has 4 nitrogen and oxygen atoms in total. The third kappa shape index (κ3) is 15.0. The van der Waals surface area contributed by atoms with Crippen LogP contribution in [0.2, 0.25) is 0 Å². The molecule has 0 aromatic rings. The number of alkyl halides is 3. The Balaban J connectivity index is 4.10. The molecule has 0 fully saturated rings. The van der Waals surface area contributed by atoms with Crippen LogP contribution in [-0.4, -0.2) is 40.1 Å². The zero-order valence-electron chi connectivity index (χ0n) is 14.7. The number of sulfonamides is 1. The molecule has 0 bridgehead atoms. The molecule has 0 radical (unpaired) electrons. The summed E-state index contributed by atoms with van der Waals surface area (Å²) in [6, 6.07) is 0.